The highest BCUT2D eigenvalue weighted by atomic mass is 16.3. The van der Waals surface area contributed by atoms with Crippen molar-refractivity contribution < 1.29 is 4.42 Å². The molecule has 0 saturated heterocycles. The van der Waals surface area contributed by atoms with Gasteiger partial charge in [-0.25, -0.2) is 15.0 Å². The molecule has 5 heteroatoms. The van der Waals surface area contributed by atoms with E-state index in [1.54, 1.807) is 0 Å². The Labute approximate surface area is 357 Å². The molecule has 0 spiro atoms. The molecule has 0 aliphatic carbocycles. The highest BCUT2D eigenvalue weighted by Crippen LogP contribution is 2.42. The van der Waals surface area contributed by atoms with Crippen LogP contribution in [0, 0.1) is 0 Å². The van der Waals surface area contributed by atoms with E-state index in [1.165, 1.54) is 16.3 Å². The summed E-state index contributed by atoms with van der Waals surface area (Å²) in [5.74, 6) is 1.85. The van der Waals surface area contributed by atoms with Crippen molar-refractivity contribution in [2.24, 2.45) is 0 Å². The predicted octanol–water partition coefficient (Wildman–Crippen LogP) is 14.9. The van der Waals surface area contributed by atoms with Gasteiger partial charge in [0.05, 0.1) is 16.4 Å². The van der Waals surface area contributed by atoms with E-state index in [2.05, 4.69) is 211 Å². The van der Waals surface area contributed by atoms with Gasteiger partial charge in [0, 0.05) is 38.5 Å². The zero-order chi connectivity index (χ0) is 41.0. The van der Waals surface area contributed by atoms with Crippen molar-refractivity contribution in [2.75, 3.05) is 0 Å². The first kappa shape index (κ1) is 35.5. The number of furan rings is 1. The molecule has 0 amide bonds. The maximum absolute atomic E-state index is 6.64. The third-order valence-electron chi connectivity index (χ3n) is 11.9. The number of para-hydroxylation sites is 2. The third-order valence-corrected chi connectivity index (χ3v) is 11.9. The SMILES string of the molecule is c1ccc(-c2ccc(-c3nc(-c4ccc(-c5ccc6c(c5)oc5ccc7c8ccccc8n(-c8ccccc8)c7c56)cc4)nc(-c4cccc(-c5ccccc5)c4)n3)cc2)cc1. The summed E-state index contributed by atoms with van der Waals surface area (Å²) >= 11 is 0. The molecule has 3 heterocycles. The topological polar surface area (TPSA) is 56.7 Å². The number of benzene rings is 9. The van der Waals surface area contributed by atoms with Crippen LogP contribution in [-0.4, -0.2) is 19.5 Å². The molecule has 0 N–H and O–H groups in total. The Kier molecular flexibility index (Phi) is 8.42. The monoisotopic (exact) mass is 792 g/mol. The average Bonchev–Trinajstić information content (AvgIpc) is 3.90. The largest absolute Gasteiger partial charge is 0.456 e. The van der Waals surface area contributed by atoms with E-state index < -0.39 is 0 Å². The van der Waals surface area contributed by atoms with E-state index in [0.29, 0.717) is 17.5 Å². The normalized spacial score (nSPS) is 11.5. The first-order chi connectivity index (χ1) is 30.7. The van der Waals surface area contributed by atoms with E-state index in [9.17, 15) is 0 Å². The van der Waals surface area contributed by atoms with E-state index in [-0.39, 0.29) is 0 Å². The van der Waals surface area contributed by atoms with Gasteiger partial charge >= 0.3 is 0 Å². The molecule has 0 unspecified atom stereocenters. The van der Waals surface area contributed by atoms with E-state index in [0.717, 1.165) is 83.2 Å². The molecule has 62 heavy (non-hydrogen) atoms. The highest BCUT2D eigenvalue weighted by molar-refractivity contribution is 6.24. The molecule has 290 valence electrons. The Hall–Kier alpha value is -8.41. The van der Waals surface area contributed by atoms with Crippen LogP contribution in [0.15, 0.2) is 223 Å². The lowest BCUT2D eigenvalue weighted by molar-refractivity contribution is 0.669. The second-order valence-electron chi connectivity index (χ2n) is 15.6. The molecule has 0 atom stereocenters. The van der Waals surface area contributed by atoms with Gasteiger partial charge in [-0.3, -0.25) is 0 Å². The zero-order valence-electron chi connectivity index (χ0n) is 33.5. The van der Waals surface area contributed by atoms with E-state index in [4.69, 9.17) is 19.4 Å². The number of rotatable bonds is 7. The van der Waals surface area contributed by atoms with Crippen LogP contribution in [0.1, 0.15) is 0 Å². The number of aromatic nitrogens is 4. The first-order valence-electron chi connectivity index (χ1n) is 20.8. The van der Waals surface area contributed by atoms with Crippen molar-refractivity contribution in [3.8, 4) is 73.2 Å². The summed E-state index contributed by atoms with van der Waals surface area (Å²) in [5.41, 5.74) is 14.6. The van der Waals surface area contributed by atoms with Crippen LogP contribution < -0.4 is 0 Å². The fourth-order valence-electron chi connectivity index (χ4n) is 8.83. The summed E-state index contributed by atoms with van der Waals surface area (Å²) in [6.45, 7) is 0. The minimum Gasteiger partial charge on any atom is -0.456 e. The van der Waals surface area contributed by atoms with Crippen LogP contribution in [-0.2, 0) is 0 Å². The molecule has 0 aliphatic heterocycles. The minimum absolute atomic E-state index is 0.611. The quantitative estimate of drug-likeness (QED) is 0.161. The van der Waals surface area contributed by atoms with Crippen molar-refractivity contribution in [3.05, 3.63) is 218 Å². The van der Waals surface area contributed by atoms with Crippen molar-refractivity contribution >= 4 is 43.7 Å². The summed E-state index contributed by atoms with van der Waals surface area (Å²) in [6, 6.07) is 76.2. The predicted molar refractivity (Wildman–Crippen MR) is 254 cm³/mol. The molecule has 12 aromatic rings. The maximum atomic E-state index is 6.64. The van der Waals surface area contributed by atoms with Gasteiger partial charge in [0.1, 0.15) is 11.2 Å². The molecular weight excluding hydrogens is 757 g/mol. The minimum atomic E-state index is 0.611. The highest BCUT2D eigenvalue weighted by Gasteiger charge is 2.20. The molecule has 3 aromatic heterocycles. The van der Waals surface area contributed by atoms with Crippen LogP contribution in [0.5, 0.6) is 0 Å². The first-order valence-corrected chi connectivity index (χ1v) is 20.8. The summed E-state index contributed by atoms with van der Waals surface area (Å²) < 4.78 is 9.01. The molecule has 0 aliphatic rings. The second-order valence-corrected chi connectivity index (χ2v) is 15.6. The summed E-state index contributed by atoms with van der Waals surface area (Å²) in [6.07, 6.45) is 0. The van der Waals surface area contributed by atoms with Crippen molar-refractivity contribution in [1.82, 2.24) is 19.5 Å². The van der Waals surface area contributed by atoms with Crippen molar-refractivity contribution in [2.45, 2.75) is 0 Å². The Bertz CT molecular complexity index is 3590. The molecule has 9 aromatic carbocycles. The molecule has 0 fully saturated rings. The van der Waals surface area contributed by atoms with Crippen LogP contribution in [0.25, 0.3) is 117 Å². The van der Waals surface area contributed by atoms with Gasteiger partial charge in [-0.2, -0.15) is 0 Å². The maximum Gasteiger partial charge on any atom is 0.164 e. The molecule has 12 rings (SSSR count). The fraction of sp³-hybridized carbons (Fsp3) is 0. The van der Waals surface area contributed by atoms with Gasteiger partial charge in [0.2, 0.25) is 0 Å². The molecular formula is C57H36N4O. The van der Waals surface area contributed by atoms with Gasteiger partial charge in [0.25, 0.3) is 0 Å². The smallest absolute Gasteiger partial charge is 0.164 e. The molecule has 0 saturated carbocycles. The lowest BCUT2D eigenvalue weighted by atomic mass is 10.0. The van der Waals surface area contributed by atoms with Gasteiger partial charge < -0.3 is 8.98 Å². The number of hydrogen-bond acceptors (Lipinski definition) is 4. The van der Waals surface area contributed by atoms with Crippen LogP contribution in [0.4, 0.5) is 0 Å². The Morgan fingerprint density at radius 3 is 1.45 bits per heavy atom. The van der Waals surface area contributed by atoms with Crippen molar-refractivity contribution in [3.63, 3.8) is 0 Å². The van der Waals surface area contributed by atoms with Gasteiger partial charge in [-0.15, -0.1) is 0 Å². The lowest BCUT2D eigenvalue weighted by Gasteiger charge is -2.11. The molecule has 0 radical (unpaired) electrons. The van der Waals surface area contributed by atoms with Gasteiger partial charge in [-0.1, -0.05) is 170 Å². The van der Waals surface area contributed by atoms with E-state index >= 15 is 0 Å². The average molecular weight is 793 g/mol. The molecule has 0 bridgehead atoms. The van der Waals surface area contributed by atoms with Gasteiger partial charge in [0.15, 0.2) is 17.5 Å². The standard InChI is InChI=1S/C57H36N4O/c1-4-13-37(14-5-1)39-23-27-41(28-24-39)55-58-56(60-57(59-55)45-18-12-17-43(35-45)38-15-6-2-7-16-38)42-29-25-40(26-30-42)44-31-32-49-52(36-44)62-51-34-33-48-47-21-10-11-22-50(47)61(54(48)53(49)51)46-19-8-3-9-20-46/h1-36H. The van der Waals surface area contributed by atoms with E-state index in [1.807, 2.05) is 12.1 Å². The zero-order valence-corrected chi connectivity index (χ0v) is 33.5. The van der Waals surface area contributed by atoms with Gasteiger partial charge in [-0.05, 0) is 81.9 Å². The summed E-state index contributed by atoms with van der Waals surface area (Å²) in [5, 5.41) is 4.63. The summed E-state index contributed by atoms with van der Waals surface area (Å²) in [7, 11) is 0. The fourth-order valence-corrected chi connectivity index (χ4v) is 8.83. The van der Waals surface area contributed by atoms with Crippen LogP contribution >= 0.6 is 0 Å². The Morgan fingerprint density at radius 1 is 0.306 bits per heavy atom. The molecule has 5 nitrogen and oxygen atoms in total. The number of nitrogens with zero attached hydrogens (tertiary/aromatic N) is 4. The number of hydrogen-bond donors (Lipinski definition) is 0. The Balaban J connectivity index is 0.938. The van der Waals surface area contributed by atoms with Crippen molar-refractivity contribution in [1.29, 1.82) is 0 Å². The van der Waals surface area contributed by atoms with Crippen LogP contribution in [0.2, 0.25) is 0 Å². The van der Waals surface area contributed by atoms with Crippen LogP contribution in [0.3, 0.4) is 0 Å². The Morgan fingerprint density at radius 2 is 0.774 bits per heavy atom. The third kappa shape index (κ3) is 6.14. The second kappa shape index (κ2) is 14.7. The lowest BCUT2D eigenvalue weighted by Crippen LogP contribution is -2.00. The summed E-state index contributed by atoms with van der Waals surface area (Å²) in [4.78, 5) is 15.2. The number of fused-ring (bicyclic) bond motifs is 7.